The Morgan fingerprint density at radius 1 is 1.18 bits per heavy atom. The summed E-state index contributed by atoms with van der Waals surface area (Å²) in [6, 6.07) is 14.2. The standard InChI is InChI=1S/C28H36ClNO4/c1-19(17-31)13-22-15-21-8-7-20(18-33-2)14-25(21)27(22)9-11-28(12-10-27,26(32)34-3)30-24-6-4-5-23(29)16-24/h4-8,14,16,19,22,30-31H,9-13,15,17-18H2,1-3H3/t19-,22+,27?,28?/m1/s1. The number of hydrogen-bond acceptors (Lipinski definition) is 5. The molecular formula is C28H36ClNO4. The first-order valence-electron chi connectivity index (χ1n) is 12.2. The molecule has 2 aromatic rings. The smallest absolute Gasteiger partial charge is 0.331 e. The van der Waals surface area contributed by atoms with Crippen molar-refractivity contribution in [3.05, 3.63) is 64.2 Å². The first-order valence-corrected chi connectivity index (χ1v) is 12.6. The van der Waals surface area contributed by atoms with Gasteiger partial charge in [-0.2, -0.15) is 0 Å². The van der Waals surface area contributed by atoms with E-state index in [9.17, 15) is 9.90 Å². The van der Waals surface area contributed by atoms with E-state index >= 15 is 0 Å². The predicted octanol–water partition coefficient (Wildman–Crippen LogP) is 5.51. The molecule has 4 rings (SSSR count). The molecule has 2 aliphatic carbocycles. The van der Waals surface area contributed by atoms with Crippen LogP contribution in [0.5, 0.6) is 0 Å². The molecule has 0 aliphatic heterocycles. The number of ether oxygens (including phenoxy) is 2. The lowest BCUT2D eigenvalue weighted by Gasteiger charge is -2.47. The van der Waals surface area contributed by atoms with Gasteiger partial charge >= 0.3 is 5.97 Å². The highest BCUT2D eigenvalue weighted by molar-refractivity contribution is 6.30. The Balaban J connectivity index is 1.67. The molecule has 0 aromatic heterocycles. The molecule has 5 nitrogen and oxygen atoms in total. The van der Waals surface area contributed by atoms with E-state index in [0.717, 1.165) is 31.4 Å². The van der Waals surface area contributed by atoms with Crippen molar-refractivity contribution in [2.24, 2.45) is 11.8 Å². The van der Waals surface area contributed by atoms with Crippen molar-refractivity contribution >= 4 is 23.3 Å². The van der Waals surface area contributed by atoms with Crippen LogP contribution in [0.15, 0.2) is 42.5 Å². The van der Waals surface area contributed by atoms with Crippen LogP contribution in [0.1, 0.15) is 55.7 Å². The first kappa shape index (κ1) is 25.0. The van der Waals surface area contributed by atoms with Crippen LogP contribution in [0.2, 0.25) is 5.02 Å². The third kappa shape index (κ3) is 4.71. The first-order chi connectivity index (χ1) is 16.4. The largest absolute Gasteiger partial charge is 0.467 e. The number of fused-ring (bicyclic) bond motifs is 2. The molecule has 2 N–H and O–H groups in total. The summed E-state index contributed by atoms with van der Waals surface area (Å²) >= 11 is 6.21. The van der Waals surface area contributed by atoms with Gasteiger partial charge in [0, 0.05) is 24.4 Å². The van der Waals surface area contributed by atoms with E-state index < -0.39 is 5.54 Å². The second kappa shape index (κ2) is 10.3. The molecule has 0 amide bonds. The highest BCUT2D eigenvalue weighted by atomic mass is 35.5. The van der Waals surface area contributed by atoms with E-state index in [1.54, 1.807) is 7.11 Å². The zero-order chi connectivity index (χ0) is 24.3. The molecule has 0 saturated heterocycles. The number of carbonyl (C=O) groups is 1. The van der Waals surface area contributed by atoms with Crippen molar-refractivity contribution in [2.75, 3.05) is 26.1 Å². The third-order valence-electron chi connectivity index (χ3n) is 8.05. The van der Waals surface area contributed by atoms with Crippen molar-refractivity contribution in [3.8, 4) is 0 Å². The van der Waals surface area contributed by atoms with Gasteiger partial charge in [-0.1, -0.05) is 42.8 Å². The van der Waals surface area contributed by atoms with Gasteiger partial charge < -0.3 is 19.9 Å². The van der Waals surface area contributed by atoms with Gasteiger partial charge in [-0.05, 0) is 90.7 Å². The van der Waals surface area contributed by atoms with Crippen LogP contribution in [0.4, 0.5) is 5.69 Å². The minimum absolute atomic E-state index is 0.0178. The molecule has 1 saturated carbocycles. The zero-order valence-electron chi connectivity index (χ0n) is 20.4. The Bertz CT molecular complexity index is 1020. The Hall–Kier alpha value is -2.08. The summed E-state index contributed by atoms with van der Waals surface area (Å²) < 4.78 is 10.7. The van der Waals surface area contributed by atoms with Gasteiger partial charge in [0.2, 0.25) is 0 Å². The monoisotopic (exact) mass is 485 g/mol. The predicted molar refractivity (Wildman–Crippen MR) is 135 cm³/mol. The number of rotatable bonds is 8. The quantitative estimate of drug-likeness (QED) is 0.482. The lowest BCUT2D eigenvalue weighted by molar-refractivity contribution is -0.148. The average molecular weight is 486 g/mol. The number of esters is 1. The Kier molecular flexibility index (Phi) is 7.56. The molecule has 0 heterocycles. The summed E-state index contributed by atoms with van der Waals surface area (Å²) in [7, 11) is 3.18. The van der Waals surface area contributed by atoms with Crippen LogP contribution >= 0.6 is 11.6 Å². The van der Waals surface area contributed by atoms with Crippen LogP contribution in [-0.4, -0.2) is 37.4 Å². The molecule has 0 bridgehead atoms. The molecular weight excluding hydrogens is 450 g/mol. The van der Waals surface area contributed by atoms with Crippen LogP contribution < -0.4 is 5.32 Å². The van der Waals surface area contributed by atoms with Crippen molar-refractivity contribution in [2.45, 2.75) is 63.0 Å². The second-order valence-corrected chi connectivity index (χ2v) is 10.7. The molecule has 34 heavy (non-hydrogen) atoms. The number of aliphatic hydroxyl groups is 1. The van der Waals surface area contributed by atoms with Crippen LogP contribution in [0, 0.1) is 11.8 Å². The lowest BCUT2D eigenvalue weighted by atomic mass is 9.59. The fraction of sp³-hybridized carbons (Fsp3) is 0.536. The molecule has 184 valence electrons. The van der Waals surface area contributed by atoms with E-state index in [1.165, 1.54) is 23.8 Å². The summed E-state index contributed by atoms with van der Waals surface area (Å²) in [5, 5.41) is 13.9. The molecule has 0 unspecified atom stereocenters. The SMILES string of the molecule is COCc1ccc2c(c1)C1(CCC(Nc3cccc(Cl)c3)(C(=O)OC)CC1)[C@@H](C[C@@H](C)CO)C2. The Labute approximate surface area is 207 Å². The summed E-state index contributed by atoms with van der Waals surface area (Å²) in [6.07, 6.45) is 5.08. The van der Waals surface area contributed by atoms with E-state index in [-0.39, 0.29) is 23.9 Å². The topological polar surface area (TPSA) is 67.8 Å². The number of nitrogens with one attached hydrogen (secondary N) is 1. The van der Waals surface area contributed by atoms with Gasteiger partial charge in [0.15, 0.2) is 0 Å². The number of carbonyl (C=O) groups excluding carboxylic acids is 1. The third-order valence-corrected chi connectivity index (χ3v) is 8.28. The number of halogens is 1. The summed E-state index contributed by atoms with van der Waals surface area (Å²) in [4.78, 5) is 13.1. The van der Waals surface area contributed by atoms with Gasteiger partial charge in [-0.15, -0.1) is 0 Å². The van der Waals surface area contributed by atoms with Gasteiger partial charge in [0.25, 0.3) is 0 Å². The van der Waals surface area contributed by atoms with Crippen molar-refractivity contribution in [3.63, 3.8) is 0 Å². The van der Waals surface area contributed by atoms with Crippen molar-refractivity contribution in [1.29, 1.82) is 0 Å². The highest BCUT2D eigenvalue weighted by Crippen LogP contribution is 2.56. The minimum atomic E-state index is -0.787. The van der Waals surface area contributed by atoms with Crippen LogP contribution in [0.25, 0.3) is 0 Å². The van der Waals surface area contributed by atoms with E-state index in [4.69, 9.17) is 21.1 Å². The summed E-state index contributed by atoms with van der Waals surface area (Å²) in [5.74, 6) is 0.449. The molecule has 2 aromatic carbocycles. The summed E-state index contributed by atoms with van der Waals surface area (Å²) in [5.41, 5.74) is 3.99. The normalized spacial score (nSPS) is 26.8. The number of methoxy groups -OCH3 is 2. The molecule has 2 aliphatic rings. The maximum Gasteiger partial charge on any atom is 0.331 e. The molecule has 0 radical (unpaired) electrons. The van der Waals surface area contributed by atoms with Crippen LogP contribution in [0.3, 0.4) is 0 Å². The van der Waals surface area contributed by atoms with Crippen molar-refractivity contribution in [1.82, 2.24) is 0 Å². The zero-order valence-corrected chi connectivity index (χ0v) is 21.2. The average Bonchev–Trinajstić information content (AvgIpc) is 3.12. The number of hydrogen-bond donors (Lipinski definition) is 2. The van der Waals surface area contributed by atoms with Crippen molar-refractivity contribution < 1.29 is 19.4 Å². The highest BCUT2D eigenvalue weighted by Gasteiger charge is 2.54. The fourth-order valence-electron chi connectivity index (χ4n) is 6.29. The van der Waals surface area contributed by atoms with Crippen LogP contribution in [-0.2, 0) is 32.7 Å². The van der Waals surface area contributed by atoms with E-state index in [0.29, 0.717) is 30.4 Å². The summed E-state index contributed by atoms with van der Waals surface area (Å²) in [6.45, 7) is 2.90. The number of benzene rings is 2. The maximum atomic E-state index is 13.1. The minimum Gasteiger partial charge on any atom is -0.467 e. The lowest BCUT2D eigenvalue weighted by Crippen LogP contribution is -2.53. The van der Waals surface area contributed by atoms with Gasteiger partial charge in [-0.3, -0.25) is 0 Å². The van der Waals surface area contributed by atoms with Gasteiger partial charge in [0.1, 0.15) is 5.54 Å². The Morgan fingerprint density at radius 3 is 2.59 bits per heavy atom. The second-order valence-electron chi connectivity index (χ2n) is 10.2. The fourth-order valence-corrected chi connectivity index (χ4v) is 6.48. The molecule has 1 spiro atoms. The Morgan fingerprint density at radius 2 is 1.94 bits per heavy atom. The van der Waals surface area contributed by atoms with Gasteiger partial charge in [0.05, 0.1) is 13.7 Å². The number of anilines is 1. The maximum absolute atomic E-state index is 13.1. The van der Waals surface area contributed by atoms with E-state index in [2.05, 4.69) is 30.4 Å². The van der Waals surface area contributed by atoms with E-state index in [1.807, 2.05) is 24.3 Å². The molecule has 1 fully saturated rings. The van der Waals surface area contributed by atoms with Gasteiger partial charge in [-0.25, -0.2) is 4.79 Å². The molecule has 6 heteroatoms. The molecule has 2 atom stereocenters. The number of aliphatic hydroxyl groups excluding tert-OH is 1.